The number of Topliss-reactive ketones (excluding diaryl/α,β-unsaturated/α-hetero) is 1. The first kappa shape index (κ1) is 34.6. The summed E-state index contributed by atoms with van der Waals surface area (Å²) < 4.78 is 71.3. The normalized spacial score (nSPS) is 12.8. The quantitative estimate of drug-likeness (QED) is 0.117. The Hall–Kier alpha value is -3.89. The number of nitrogens with two attached hydrogens (primary N) is 1. The molecule has 0 aliphatic carbocycles. The topological polar surface area (TPSA) is 176 Å². The Morgan fingerprint density at radius 3 is 2.39 bits per heavy atom. The zero-order valence-electron chi connectivity index (χ0n) is 23.6. The van der Waals surface area contributed by atoms with E-state index in [1.807, 2.05) is 0 Å². The number of benzene rings is 2. The minimum Gasteiger partial charge on any atom is -0.467 e. The second-order valence-electron chi connectivity index (χ2n) is 9.49. The average Bonchev–Trinajstić information content (AvgIpc) is 3.47. The molecule has 3 aromatic rings. The zero-order chi connectivity index (χ0) is 32.4. The van der Waals surface area contributed by atoms with Gasteiger partial charge in [-0.1, -0.05) is 11.6 Å². The van der Waals surface area contributed by atoms with E-state index in [1.165, 1.54) is 19.3 Å². The van der Waals surface area contributed by atoms with Gasteiger partial charge in [0.1, 0.15) is 42.1 Å². The van der Waals surface area contributed by atoms with Crippen molar-refractivity contribution in [1.82, 2.24) is 5.32 Å². The highest BCUT2D eigenvalue weighted by Gasteiger charge is 2.22. The van der Waals surface area contributed by atoms with Crippen LogP contribution in [0.5, 0.6) is 0 Å². The van der Waals surface area contributed by atoms with Gasteiger partial charge >= 0.3 is 11.9 Å². The van der Waals surface area contributed by atoms with Crippen LogP contribution >= 0.6 is 11.6 Å². The summed E-state index contributed by atoms with van der Waals surface area (Å²) in [6.07, 6.45) is 1.46. The molecule has 2 aromatic carbocycles. The molecule has 4 N–H and O–H groups in total. The molecule has 238 valence electrons. The molecule has 0 aliphatic heterocycles. The van der Waals surface area contributed by atoms with Crippen molar-refractivity contribution in [3.05, 3.63) is 82.3 Å². The number of nitrogens with one attached hydrogen (secondary N) is 2. The molecule has 0 spiro atoms. The lowest BCUT2D eigenvalue weighted by molar-refractivity contribution is -0.149. The molecule has 12 nitrogen and oxygen atoms in total. The number of carbonyl (C=O) groups is 3. The van der Waals surface area contributed by atoms with Gasteiger partial charge < -0.3 is 29.3 Å². The van der Waals surface area contributed by atoms with Crippen molar-refractivity contribution in [3.63, 3.8) is 0 Å². The third-order valence-corrected chi connectivity index (χ3v) is 7.26. The number of rotatable bonds is 16. The number of esters is 2. The number of primary sulfonamides is 1. The molecule has 16 heteroatoms. The van der Waals surface area contributed by atoms with Crippen molar-refractivity contribution in [2.24, 2.45) is 5.14 Å². The Bertz CT molecular complexity index is 1570. The Kier molecular flexibility index (Phi) is 12.4. The highest BCUT2D eigenvalue weighted by molar-refractivity contribution is 7.89. The maximum Gasteiger partial charge on any atom is 0.340 e. The molecule has 0 amide bonds. The number of ether oxygens (including phenoxy) is 3. The van der Waals surface area contributed by atoms with Crippen molar-refractivity contribution in [1.29, 1.82) is 0 Å². The number of hydrogen-bond donors (Lipinski definition) is 3. The van der Waals surface area contributed by atoms with E-state index in [-0.39, 0.29) is 48.2 Å². The summed E-state index contributed by atoms with van der Waals surface area (Å²) in [5, 5.41) is 10.8. The Balaban J connectivity index is 1.44. The molecule has 1 aromatic heterocycles. The Morgan fingerprint density at radius 1 is 1.05 bits per heavy atom. The molecule has 0 radical (unpaired) electrons. The molecule has 0 saturated carbocycles. The molecule has 0 fully saturated rings. The fraction of sp³-hybridized carbons (Fsp3) is 0.321. The van der Waals surface area contributed by atoms with Gasteiger partial charge in [-0.15, -0.1) is 0 Å². The first-order valence-electron chi connectivity index (χ1n) is 13.0. The zero-order valence-corrected chi connectivity index (χ0v) is 25.2. The van der Waals surface area contributed by atoms with E-state index in [1.54, 1.807) is 19.1 Å². The van der Waals surface area contributed by atoms with Crippen molar-refractivity contribution in [3.8, 4) is 0 Å². The van der Waals surface area contributed by atoms with E-state index in [0.717, 1.165) is 18.2 Å². The lowest BCUT2D eigenvalue weighted by atomic mass is 10.0. The monoisotopic (exact) mass is 657 g/mol. The van der Waals surface area contributed by atoms with Crippen LogP contribution in [0.2, 0.25) is 5.02 Å². The molecule has 2 atom stereocenters. The highest BCUT2D eigenvalue weighted by atomic mass is 35.5. The molecule has 1 heterocycles. The van der Waals surface area contributed by atoms with Crippen molar-refractivity contribution < 1.29 is 50.2 Å². The fourth-order valence-corrected chi connectivity index (χ4v) is 4.96. The smallest absolute Gasteiger partial charge is 0.340 e. The average molecular weight is 658 g/mol. The summed E-state index contributed by atoms with van der Waals surface area (Å²) in [7, 11) is -4.25. The second kappa shape index (κ2) is 15.7. The van der Waals surface area contributed by atoms with Crippen LogP contribution < -0.4 is 15.8 Å². The lowest BCUT2D eigenvalue weighted by Crippen LogP contribution is -2.42. The minimum absolute atomic E-state index is 0.136. The summed E-state index contributed by atoms with van der Waals surface area (Å²) in [5.41, 5.74) is -0.140. The summed E-state index contributed by atoms with van der Waals surface area (Å²) in [4.78, 5) is 36.8. The first-order chi connectivity index (χ1) is 20.7. The van der Waals surface area contributed by atoms with E-state index in [2.05, 4.69) is 10.6 Å². The number of ketones is 1. The summed E-state index contributed by atoms with van der Waals surface area (Å²) in [5.74, 6) is -3.41. The first-order valence-corrected chi connectivity index (χ1v) is 15.0. The van der Waals surface area contributed by atoms with Crippen molar-refractivity contribution >= 4 is 45.0 Å². The maximum absolute atomic E-state index is 13.4. The Morgan fingerprint density at radius 2 is 1.75 bits per heavy atom. The van der Waals surface area contributed by atoms with Gasteiger partial charge in [-0.25, -0.2) is 31.9 Å². The van der Waals surface area contributed by atoms with Crippen LogP contribution in [0.4, 0.5) is 14.5 Å². The maximum atomic E-state index is 13.4. The number of furan rings is 1. The number of sulfonamides is 1. The van der Waals surface area contributed by atoms with Gasteiger partial charge in [-0.05, 0) is 50.2 Å². The van der Waals surface area contributed by atoms with Crippen LogP contribution in [0.3, 0.4) is 0 Å². The third-order valence-electron chi connectivity index (χ3n) is 5.88. The molecular formula is C28H30ClF2N3O9S. The number of anilines is 1. The summed E-state index contributed by atoms with van der Waals surface area (Å²) in [6.45, 7) is 2.19. The van der Waals surface area contributed by atoms with E-state index in [0.29, 0.717) is 11.8 Å². The fourth-order valence-electron chi connectivity index (χ4n) is 3.86. The molecule has 3 rings (SSSR count). The van der Waals surface area contributed by atoms with Crippen LogP contribution in [0.15, 0.2) is 58.0 Å². The molecule has 0 bridgehead atoms. The highest BCUT2D eigenvalue weighted by Crippen LogP contribution is 2.29. The lowest BCUT2D eigenvalue weighted by Gasteiger charge is -2.19. The van der Waals surface area contributed by atoms with Gasteiger partial charge in [0.25, 0.3) is 0 Å². The third kappa shape index (κ3) is 10.4. The van der Waals surface area contributed by atoms with Gasteiger partial charge in [-0.2, -0.15) is 0 Å². The largest absolute Gasteiger partial charge is 0.467 e. The van der Waals surface area contributed by atoms with Crippen LogP contribution in [0, 0.1) is 11.6 Å². The van der Waals surface area contributed by atoms with Crippen LogP contribution in [-0.2, 0) is 35.6 Å². The molecule has 0 unspecified atom stereocenters. The number of hydrogen-bond acceptors (Lipinski definition) is 11. The summed E-state index contributed by atoms with van der Waals surface area (Å²) >= 11 is 6.06. The predicted molar refractivity (Wildman–Crippen MR) is 154 cm³/mol. The van der Waals surface area contributed by atoms with E-state index < -0.39 is 63.0 Å². The predicted octanol–water partition coefficient (Wildman–Crippen LogP) is 3.44. The molecule has 0 aliphatic rings. The number of halogens is 3. The van der Waals surface area contributed by atoms with Gasteiger partial charge in [0.15, 0.2) is 5.78 Å². The molecule has 0 saturated heterocycles. The van der Waals surface area contributed by atoms with Gasteiger partial charge in [0.2, 0.25) is 10.0 Å². The minimum atomic E-state index is -4.25. The van der Waals surface area contributed by atoms with Gasteiger partial charge in [0.05, 0.1) is 41.7 Å². The Labute approximate surface area is 256 Å². The SMILES string of the molecule is C[C@H](COC(=O)COCCOC(=O)c1cc(S(N)(=O)=O)c(Cl)cc1NCc1ccco1)N[C@H](C)C(=O)c1cc(F)cc(F)c1. The summed E-state index contributed by atoms with van der Waals surface area (Å²) in [6, 6.07) is 6.77. The van der Waals surface area contributed by atoms with Crippen molar-refractivity contribution in [2.75, 3.05) is 31.7 Å². The van der Waals surface area contributed by atoms with Crippen LogP contribution in [0.1, 0.15) is 40.3 Å². The van der Waals surface area contributed by atoms with Gasteiger partial charge in [-0.3, -0.25) is 4.79 Å². The second-order valence-corrected chi connectivity index (χ2v) is 11.4. The van der Waals surface area contributed by atoms with Gasteiger partial charge in [0, 0.05) is 17.7 Å². The molecular weight excluding hydrogens is 628 g/mol. The van der Waals surface area contributed by atoms with Crippen LogP contribution in [-0.4, -0.2) is 64.7 Å². The standard InChI is InChI=1S/C28H30ClF2N3O9S/c1-16(34-17(2)27(36)18-8-19(30)10-20(31)9-18)14-43-26(35)15-40-6-7-42-28(37)22-11-25(44(32,38)39)23(29)12-24(22)33-13-21-4-3-5-41-21/h3-5,8-12,16-17,33-34H,6-7,13-15H2,1-2H3,(H2,32,38,39)/t16-,17-/m1/s1. The van der Waals surface area contributed by atoms with E-state index >= 15 is 0 Å². The van der Waals surface area contributed by atoms with E-state index in [9.17, 15) is 31.6 Å². The number of carbonyl (C=O) groups excluding carboxylic acids is 3. The van der Waals surface area contributed by atoms with Crippen molar-refractivity contribution in [2.45, 2.75) is 37.4 Å². The van der Waals surface area contributed by atoms with Crippen LogP contribution in [0.25, 0.3) is 0 Å². The molecule has 44 heavy (non-hydrogen) atoms. The van der Waals surface area contributed by atoms with E-state index in [4.69, 9.17) is 35.4 Å².